The highest BCUT2D eigenvalue weighted by Crippen LogP contribution is 2.43. The first kappa shape index (κ1) is 22.0. The molecule has 5 nitrogen and oxygen atoms in total. The van der Waals surface area contributed by atoms with E-state index in [-0.39, 0.29) is 24.0 Å². The lowest BCUT2D eigenvalue weighted by atomic mass is 9.67. The Morgan fingerprint density at radius 1 is 1.24 bits per heavy atom. The van der Waals surface area contributed by atoms with E-state index in [0.29, 0.717) is 12.0 Å². The molecule has 2 rings (SSSR count). The fourth-order valence-corrected chi connectivity index (χ4v) is 3.03. The number of hydrogen-bond acceptors (Lipinski definition) is 3. The van der Waals surface area contributed by atoms with Crippen molar-refractivity contribution in [1.82, 2.24) is 10.6 Å². The number of benzene rings is 1. The Hall–Kier alpha value is -1.02. The molecule has 1 fully saturated rings. The first-order valence-corrected chi connectivity index (χ1v) is 8.96. The Balaban J connectivity index is 0.00000312. The van der Waals surface area contributed by atoms with Gasteiger partial charge in [0.2, 0.25) is 0 Å². The quantitative estimate of drug-likeness (QED) is 0.315. The lowest BCUT2D eigenvalue weighted by Crippen LogP contribution is -2.41. The van der Waals surface area contributed by atoms with Gasteiger partial charge in [0.1, 0.15) is 5.75 Å². The van der Waals surface area contributed by atoms with Crippen LogP contribution in [0.15, 0.2) is 29.3 Å². The van der Waals surface area contributed by atoms with Crippen molar-refractivity contribution in [3.63, 3.8) is 0 Å². The summed E-state index contributed by atoms with van der Waals surface area (Å²) >= 11 is 0. The smallest absolute Gasteiger partial charge is 0.191 e. The maximum atomic E-state index is 10.3. The molecule has 6 heteroatoms. The Labute approximate surface area is 168 Å². The van der Waals surface area contributed by atoms with Crippen LogP contribution in [0.2, 0.25) is 0 Å². The molecule has 0 heterocycles. The molecule has 25 heavy (non-hydrogen) atoms. The second-order valence-corrected chi connectivity index (χ2v) is 6.57. The summed E-state index contributed by atoms with van der Waals surface area (Å²) < 4.78 is 5.14. The van der Waals surface area contributed by atoms with Gasteiger partial charge in [0.25, 0.3) is 0 Å². The minimum Gasteiger partial charge on any atom is -0.497 e. The third-order valence-corrected chi connectivity index (χ3v) is 5.04. The Bertz CT molecular complexity index is 524. The van der Waals surface area contributed by atoms with E-state index >= 15 is 0 Å². The summed E-state index contributed by atoms with van der Waals surface area (Å²) in [5.41, 5.74) is 1.26. The number of aliphatic imine (C=N–C) groups is 1. The van der Waals surface area contributed by atoms with E-state index in [2.05, 4.69) is 24.5 Å². The molecule has 0 amide bonds. The first-order chi connectivity index (χ1) is 11.6. The largest absolute Gasteiger partial charge is 0.497 e. The lowest BCUT2D eigenvalue weighted by molar-refractivity contribution is 0.139. The van der Waals surface area contributed by atoms with Crippen LogP contribution in [-0.4, -0.2) is 37.8 Å². The van der Waals surface area contributed by atoms with E-state index in [9.17, 15) is 5.11 Å². The number of aliphatic hydroxyl groups excluding tert-OH is 1. The molecule has 1 aliphatic carbocycles. The number of rotatable bonds is 8. The van der Waals surface area contributed by atoms with Crippen molar-refractivity contribution in [3.8, 4) is 5.75 Å². The van der Waals surface area contributed by atoms with Crippen molar-refractivity contribution in [2.45, 2.75) is 45.6 Å². The molecule has 1 unspecified atom stereocenters. The van der Waals surface area contributed by atoms with E-state index in [1.54, 1.807) is 7.11 Å². The first-order valence-electron chi connectivity index (χ1n) is 8.96. The zero-order valence-electron chi connectivity index (χ0n) is 15.5. The number of methoxy groups -OCH3 is 1. The van der Waals surface area contributed by atoms with Gasteiger partial charge < -0.3 is 20.5 Å². The molecule has 142 valence electrons. The zero-order chi connectivity index (χ0) is 17.4. The summed E-state index contributed by atoms with van der Waals surface area (Å²) in [6, 6.07) is 7.49. The van der Waals surface area contributed by atoms with E-state index in [1.165, 1.54) is 25.7 Å². The second kappa shape index (κ2) is 10.9. The molecule has 1 aliphatic rings. The molecular formula is C19H32IN3O2. The fraction of sp³-hybridized carbons (Fsp3) is 0.632. The number of halogens is 1. The Morgan fingerprint density at radius 3 is 2.40 bits per heavy atom. The van der Waals surface area contributed by atoms with Gasteiger partial charge in [0.05, 0.1) is 13.2 Å². The minimum atomic E-state index is -0.580. The molecule has 0 spiro atoms. The molecule has 3 N–H and O–H groups in total. The van der Waals surface area contributed by atoms with Gasteiger partial charge >= 0.3 is 0 Å². The third-order valence-electron chi connectivity index (χ3n) is 5.04. The number of aliphatic hydroxyl groups is 1. The molecule has 0 bridgehead atoms. The van der Waals surface area contributed by atoms with Gasteiger partial charge in [-0.15, -0.1) is 24.0 Å². The zero-order valence-corrected chi connectivity index (χ0v) is 17.9. The van der Waals surface area contributed by atoms with Crippen molar-refractivity contribution in [2.24, 2.45) is 10.4 Å². The van der Waals surface area contributed by atoms with E-state index in [1.807, 2.05) is 24.3 Å². The van der Waals surface area contributed by atoms with E-state index in [0.717, 1.165) is 30.4 Å². The second-order valence-electron chi connectivity index (χ2n) is 6.57. The number of ether oxygens (including phenoxy) is 1. The van der Waals surface area contributed by atoms with Crippen LogP contribution < -0.4 is 15.4 Å². The summed E-state index contributed by atoms with van der Waals surface area (Å²) in [6.45, 7) is 6.40. The van der Waals surface area contributed by atoms with Gasteiger partial charge in [0, 0.05) is 19.6 Å². The molecular weight excluding hydrogens is 429 g/mol. The van der Waals surface area contributed by atoms with Crippen molar-refractivity contribution >= 4 is 29.9 Å². The number of nitrogens with one attached hydrogen (secondary N) is 2. The van der Waals surface area contributed by atoms with Crippen molar-refractivity contribution in [3.05, 3.63) is 29.8 Å². The Kier molecular flexibility index (Phi) is 9.56. The summed E-state index contributed by atoms with van der Waals surface area (Å²) in [4.78, 5) is 4.73. The van der Waals surface area contributed by atoms with Crippen molar-refractivity contribution in [2.75, 3.05) is 26.7 Å². The highest BCUT2D eigenvalue weighted by Gasteiger charge is 2.34. The van der Waals surface area contributed by atoms with Crippen molar-refractivity contribution < 1.29 is 9.84 Å². The average Bonchev–Trinajstić information content (AvgIpc) is 2.58. The number of guanidine groups is 1. The van der Waals surface area contributed by atoms with Gasteiger partial charge in [-0.3, -0.25) is 4.99 Å². The number of nitrogens with zero attached hydrogens (tertiary/aromatic N) is 1. The normalized spacial score (nSPS) is 17.0. The van der Waals surface area contributed by atoms with Gasteiger partial charge in [-0.2, -0.15) is 0 Å². The van der Waals surface area contributed by atoms with Gasteiger partial charge in [-0.25, -0.2) is 0 Å². The molecule has 1 atom stereocenters. The third kappa shape index (κ3) is 6.33. The van der Waals surface area contributed by atoms with Gasteiger partial charge in [0.15, 0.2) is 5.96 Å². The van der Waals surface area contributed by atoms with Crippen LogP contribution in [0, 0.1) is 5.41 Å². The maximum Gasteiger partial charge on any atom is 0.191 e. The maximum absolute atomic E-state index is 10.3. The van der Waals surface area contributed by atoms with Crippen LogP contribution >= 0.6 is 24.0 Å². The summed E-state index contributed by atoms with van der Waals surface area (Å²) in [6.07, 6.45) is 4.49. The highest BCUT2D eigenvalue weighted by atomic mass is 127. The molecule has 1 aromatic rings. The molecule has 0 radical (unpaired) electrons. The van der Waals surface area contributed by atoms with Crippen LogP contribution in [-0.2, 0) is 0 Å². The minimum absolute atomic E-state index is 0. The predicted octanol–water partition coefficient (Wildman–Crippen LogP) is 3.48. The lowest BCUT2D eigenvalue weighted by Gasteiger charge is -2.40. The van der Waals surface area contributed by atoms with Crippen molar-refractivity contribution in [1.29, 1.82) is 0 Å². The van der Waals surface area contributed by atoms with E-state index < -0.39 is 6.10 Å². The van der Waals surface area contributed by atoms with Crippen LogP contribution in [0.25, 0.3) is 0 Å². The SMILES string of the molecule is CCNC(=NCC1(CC)CCC1)NCC(O)c1ccc(OC)cc1.I. The summed E-state index contributed by atoms with van der Waals surface area (Å²) in [5, 5.41) is 16.9. The molecule has 1 saturated carbocycles. The molecule has 0 aliphatic heterocycles. The van der Waals surface area contributed by atoms with Gasteiger partial charge in [-0.05, 0) is 49.3 Å². The van der Waals surface area contributed by atoms with E-state index in [4.69, 9.17) is 9.73 Å². The summed E-state index contributed by atoms with van der Waals surface area (Å²) in [5.74, 6) is 1.57. The van der Waals surface area contributed by atoms with Crippen LogP contribution in [0.3, 0.4) is 0 Å². The van der Waals surface area contributed by atoms with Crippen LogP contribution in [0.4, 0.5) is 0 Å². The molecule has 0 saturated heterocycles. The summed E-state index contributed by atoms with van der Waals surface area (Å²) in [7, 11) is 1.64. The van der Waals surface area contributed by atoms with Crippen LogP contribution in [0.5, 0.6) is 5.75 Å². The highest BCUT2D eigenvalue weighted by molar-refractivity contribution is 14.0. The Morgan fingerprint density at radius 2 is 1.92 bits per heavy atom. The topological polar surface area (TPSA) is 65.9 Å². The molecule has 0 aromatic heterocycles. The molecule has 1 aromatic carbocycles. The van der Waals surface area contributed by atoms with Gasteiger partial charge in [-0.1, -0.05) is 25.5 Å². The monoisotopic (exact) mass is 461 g/mol. The number of hydrogen-bond donors (Lipinski definition) is 3. The average molecular weight is 461 g/mol. The standard InChI is InChI=1S/C19H31N3O2.HI/c1-4-19(11-6-12-19)14-22-18(20-5-2)21-13-17(23)15-7-9-16(24-3)10-8-15;/h7-10,17,23H,4-6,11-14H2,1-3H3,(H2,20,21,22);1H. The fourth-order valence-electron chi connectivity index (χ4n) is 3.03. The predicted molar refractivity (Wildman–Crippen MR) is 114 cm³/mol. The van der Waals surface area contributed by atoms with Crippen LogP contribution in [0.1, 0.15) is 51.2 Å².